The molecular weight excluding hydrogens is 291 g/mol. The van der Waals surface area contributed by atoms with Gasteiger partial charge in [0.05, 0.1) is 23.5 Å². The van der Waals surface area contributed by atoms with Crippen LogP contribution in [-0.4, -0.2) is 27.7 Å². The van der Waals surface area contributed by atoms with E-state index in [2.05, 4.69) is 0 Å². The molecule has 0 saturated heterocycles. The van der Waals surface area contributed by atoms with Crippen molar-refractivity contribution in [1.82, 2.24) is 0 Å². The van der Waals surface area contributed by atoms with Gasteiger partial charge < -0.3 is 14.4 Å². The minimum absolute atomic E-state index is 0.135. The van der Waals surface area contributed by atoms with Crippen molar-refractivity contribution in [3.8, 4) is 5.75 Å². The Hall–Kier alpha value is -1.83. The Morgan fingerprint density at radius 2 is 1.81 bits per heavy atom. The molecule has 5 nitrogen and oxygen atoms in total. The lowest BCUT2D eigenvalue weighted by Gasteiger charge is -2.07. The molecule has 7 heteroatoms. The average molecular weight is 304 g/mol. The van der Waals surface area contributed by atoms with E-state index in [9.17, 15) is 13.4 Å². The summed E-state index contributed by atoms with van der Waals surface area (Å²) in [5, 5.41) is 9.68. The van der Waals surface area contributed by atoms with Gasteiger partial charge in [-0.2, -0.15) is 0 Å². The predicted octanol–water partition coefficient (Wildman–Crippen LogP) is 0.746. The van der Waals surface area contributed by atoms with E-state index >= 15 is 0 Å². The van der Waals surface area contributed by atoms with Crippen LogP contribution in [0, 0.1) is 0 Å². The number of hydrogen-bond acceptors (Lipinski definition) is 5. The second kappa shape index (κ2) is 5.18. The fourth-order valence-electron chi connectivity index (χ4n) is 2.25. The molecule has 0 radical (unpaired) electrons. The summed E-state index contributed by atoms with van der Waals surface area (Å²) in [6.45, 7) is 0.291. The smallest absolute Gasteiger partial charge is 0.491 e. The fraction of sp³-hybridized carbons (Fsp3) is 0.143. The van der Waals surface area contributed by atoms with E-state index < -0.39 is 17.0 Å². The standard InChI is InChI=1S/C14H13BO5S/c1-19-11-3-6-12(7-4-11)21(17,18)13-5-2-10-9-20-15(16)14(10)8-13/h2-8,16H,9H2,1H3. The van der Waals surface area contributed by atoms with Gasteiger partial charge >= 0.3 is 7.12 Å². The second-order valence-corrected chi connectivity index (χ2v) is 6.65. The summed E-state index contributed by atoms with van der Waals surface area (Å²) >= 11 is 0. The number of fused-ring (bicyclic) bond motifs is 1. The molecule has 1 N–H and O–H groups in total. The maximum Gasteiger partial charge on any atom is 0.491 e. The van der Waals surface area contributed by atoms with Crippen LogP contribution < -0.4 is 10.2 Å². The van der Waals surface area contributed by atoms with Gasteiger partial charge in [0.1, 0.15) is 5.75 Å². The van der Waals surface area contributed by atoms with E-state index in [-0.39, 0.29) is 9.79 Å². The van der Waals surface area contributed by atoms with Gasteiger partial charge in [-0.3, -0.25) is 0 Å². The summed E-state index contributed by atoms with van der Waals surface area (Å²) < 4.78 is 35.2. The van der Waals surface area contributed by atoms with Crippen LogP contribution >= 0.6 is 0 Å². The van der Waals surface area contributed by atoms with Gasteiger partial charge in [-0.25, -0.2) is 8.42 Å². The van der Waals surface area contributed by atoms with Gasteiger partial charge in [0, 0.05) is 0 Å². The molecule has 0 bridgehead atoms. The van der Waals surface area contributed by atoms with Crippen LogP contribution in [0.5, 0.6) is 5.75 Å². The number of benzene rings is 2. The minimum Gasteiger partial charge on any atom is -0.497 e. The van der Waals surface area contributed by atoms with Gasteiger partial charge in [-0.05, 0) is 47.4 Å². The Morgan fingerprint density at radius 1 is 1.14 bits per heavy atom. The van der Waals surface area contributed by atoms with Crippen LogP contribution in [0.1, 0.15) is 5.56 Å². The molecule has 108 valence electrons. The van der Waals surface area contributed by atoms with Crippen LogP contribution in [0.3, 0.4) is 0 Å². The quantitative estimate of drug-likeness (QED) is 0.847. The van der Waals surface area contributed by atoms with Crippen molar-refractivity contribution in [1.29, 1.82) is 0 Å². The first-order valence-corrected chi connectivity index (χ1v) is 7.82. The Bertz CT molecular complexity index is 770. The molecule has 0 fully saturated rings. The predicted molar refractivity (Wildman–Crippen MR) is 77.3 cm³/mol. The molecule has 2 aromatic carbocycles. The van der Waals surface area contributed by atoms with Crippen molar-refractivity contribution in [3.05, 3.63) is 48.0 Å². The Kier molecular flexibility index (Phi) is 3.48. The zero-order valence-corrected chi connectivity index (χ0v) is 12.1. The summed E-state index contributed by atoms with van der Waals surface area (Å²) in [7, 11) is -3.18. The van der Waals surface area contributed by atoms with Crippen molar-refractivity contribution < 1.29 is 22.8 Å². The molecule has 1 aliphatic heterocycles. The molecule has 0 aromatic heterocycles. The van der Waals surface area contributed by atoms with Gasteiger partial charge in [-0.1, -0.05) is 6.07 Å². The first kappa shape index (κ1) is 14.1. The third-order valence-corrected chi connectivity index (χ3v) is 5.23. The molecule has 2 aromatic rings. The van der Waals surface area contributed by atoms with Gasteiger partial charge in [0.25, 0.3) is 0 Å². The Balaban J connectivity index is 2.04. The summed E-state index contributed by atoms with van der Waals surface area (Å²) in [6.07, 6.45) is 0. The molecule has 3 rings (SSSR count). The summed E-state index contributed by atoms with van der Waals surface area (Å²) in [4.78, 5) is 0.313. The number of sulfone groups is 1. The van der Waals surface area contributed by atoms with Crippen molar-refractivity contribution >= 4 is 22.4 Å². The lowest BCUT2D eigenvalue weighted by Crippen LogP contribution is -2.28. The van der Waals surface area contributed by atoms with Gasteiger partial charge in [-0.15, -0.1) is 0 Å². The molecule has 0 unspecified atom stereocenters. The first-order valence-electron chi connectivity index (χ1n) is 6.34. The SMILES string of the molecule is COc1ccc(S(=O)(=O)c2ccc3c(c2)B(O)OC3)cc1. The summed E-state index contributed by atoms with van der Waals surface area (Å²) in [5.74, 6) is 0.590. The van der Waals surface area contributed by atoms with Crippen LogP contribution in [-0.2, 0) is 21.1 Å². The lowest BCUT2D eigenvalue weighted by atomic mass is 9.80. The summed E-state index contributed by atoms with van der Waals surface area (Å²) in [5.41, 5.74) is 1.31. The third kappa shape index (κ3) is 2.44. The van der Waals surface area contributed by atoms with E-state index in [0.717, 1.165) is 5.56 Å². The molecule has 0 amide bonds. The maximum atomic E-state index is 12.6. The van der Waals surface area contributed by atoms with Crippen LogP contribution in [0.15, 0.2) is 52.3 Å². The molecule has 0 saturated carbocycles. The Morgan fingerprint density at radius 3 is 2.48 bits per heavy atom. The van der Waals surface area contributed by atoms with Crippen molar-refractivity contribution in [2.75, 3.05) is 7.11 Å². The van der Waals surface area contributed by atoms with Crippen LogP contribution in [0.25, 0.3) is 0 Å². The van der Waals surface area contributed by atoms with Crippen LogP contribution in [0.2, 0.25) is 0 Å². The second-order valence-electron chi connectivity index (χ2n) is 4.70. The third-order valence-electron chi connectivity index (χ3n) is 3.46. The highest BCUT2D eigenvalue weighted by molar-refractivity contribution is 7.91. The van der Waals surface area contributed by atoms with E-state index in [0.29, 0.717) is 17.8 Å². The average Bonchev–Trinajstić information content (AvgIpc) is 2.88. The van der Waals surface area contributed by atoms with Gasteiger partial charge in [0.2, 0.25) is 9.84 Å². The van der Waals surface area contributed by atoms with E-state index in [4.69, 9.17) is 9.39 Å². The molecule has 0 aliphatic carbocycles. The zero-order chi connectivity index (χ0) is 15.0. The highest BCUT2D eigenvalue weighted by Crippen LogP contribution is 2.24. The minimum atomic E-state index is -3.63. The fourth-order valence-corrected chi connectivity index (χ4v) is 3.55. The van der Waals surface area contributed by atoms with Crippen molar-refractivity contribution in [3.63, 3.8) is 0 Å². The van der Waals surface area contributed by atoms with Crippen molar-refractivity contribution in [2.45, 2.75) is 16.4 Å². The number of methoxy groups -OCH3 is 1. The topological polar surface area (TPSA) is 72.8 Å². The first-order chi connectivity index (χ1) is 10.0. The number of ether oxygens (including phenoxy) is 1. The molecular formula is C14H13BO5S. The highest BCUT2D eigenvalue weighted by atomic mass is 32.2. The van der Waals surface area contributed by atoms with Crippen molar-refractivity contribution in [2.24, 2.45) is 0 Å². The van der Waals surface area contributed by atoms with E-state index in [1.54, 1.807) is 18.2 Å². The zero-order valence-electron chi connectivity index (χ0n) is 11.3. The normalized spacial score (nSPS) is 14.1. The van der Waals surface area contributed by atoms with E-state index in [1.807, 2.05) is 0 Å². The molecule has 1 aliphatic rings. The maximum absolute atomic E-state index is 12.6. The largest absolute Gasteiger partial charge is 0.497 e. The van der Waals surface area contributed by atoms with Crippen LogP contribution in [0.4, 0.5) is 0 Å². The number of rotatable bonds is 3. The monoisotopic (exact) mass is 304 g/mol. The Labute approximate surface area is 123 Å². The highest BCUT2D eigenvalue weighted by Gasteiger charge is 2.29. The molecule has 21 heavy (non-hydrogen) atoms. The lowest BCUT2D eigenvalue weighted by molar-refractivity contribution is 0.275. The van der Waals surface area contributed by atoms with Gasteiger partial charge in [0.15, 0.2) is 0 Å². The van der Waals surface area contributed by atoms with E-state index in [1.165, 1.54) is 31.4 Å². The molecule has 0 spiro atoms. The molecule has 0 atom stereocenters. The number of hydrogen-bond donors (Lipinski definition) is 1. The molecule has 1 heterocycles. The summed E-state index contributed by atoms with van der Waals surface area (Å²) in [6, 6.07) is 10.8.